The van der Waals surface area contributed by atoms with Crippen molar-refractivity contribution in [2.24, 2.45) is 0 Å². The van der Waals surface area contributed by atoms with E-state index >= 15 is 0 Å². The SMILES string of the molecule is COc1cc(C(C)(C#N)CCC(O)C(CC2COc3ccccc3O2)[N+](=O)[O-])c(OC)c(OC)c1OC. The predicted octanol–water partition coefficient (Wildman–Crippen LogP) is 3.52. The number of rotatable bonds is 12. The molecular formula is C26H32N2O9. The molecule has 0 radical (unpaired) electrons. The summed E-state index contributed by atoms with van der Waals surface area (Å²) in [4.78, 5) is 11.4. The summed E-state index contributed by atoms with van der Waals surface area (Å²) < 4.78 is 33.4. The first-order chi connectivity index (χ1) is 17.7. The minimum atomic E-state index is -1.34. The van der Waals surface area contributed by atoms with E-state index in [0.29, 0.717) is 28.6 Å². The maximum atomic E-state index is 11.9. The average Bonchev–Trinajstić information content (AvgIpc) is 2.92. The van der Waals surface area contributed by atoms with Gasteiger partial charge in [0, 0.05) is 10.5 Å². The van der Waals surface area contributed by atoms with Crippen LogP contribution in [0.1, 0.15) is 31.7 Å². The van der Waals surface area contributed by atoms with Gasteiger partial charge in [-0.3, -0.25) is 10.1 Å². The molecule has 0 spiro atoms. The zero-order chi connectivity index (χ0) is 27.2. The van der Waals surface area contributed by atoms with Crippen molar-refractivity contribution >= 4 is 0 Å². The maximum absolute atomic E-state index is 11.9. The fourth-order valence-corrected chi connectivity index (χ4v) is 4.45. The van der Waals surface area contributed by atoms with E-state index in [1.807, 2.05) is 0 Å². The fraction of sp³-hybridized carbons (Fsp3) is 0.500. The van der Waals surface area contributed by atoms with E-state index in [9.17, 15) is 20.5 Å². The van der Waals surface area contributed by atoms with Crippen LogP contribution in [0.5, 0.6) is 34.5 Å². The highest BCUT2D eigenvalue weighted by Crippen LogP contribution is 2.50. The van der Waals surface area contributed by atoms with Crippen molar-refractivity contribution in [2.45, 2.75) is 49.9 Å². The van der Waals surface area contributed by atoms with Crippen LogP contribution in [0.4, 0.5) is 0 Å². The molecular weight excluding hydrogens is 484 g/mol. The Balaban J connectivity index is 1.81. The van der Waals surface area contributed by atoms with E-state index in [-0.39, 0.29) is 37.4 Å². The second-order valence-corrected chi connectivity index (χ2v) is 8.86. The van der Waals surface area contributed by atoms with Gasteiger partial charge < -0.3 is 33.5 Å². The Morgan fingerprint density at radius 1 is 1.14 bits per heavy atom. The van der Waals surface area contributed by atoms with Gasteiger partial charge in [0.15, 0.2) is 23.0 Å². The second kappa shape index (κ2) is 11.9. The van der Waals surface area contributed by atoms with E-state index in [4.69, 9.17) is 28.4 Å². The van der Waals surface area contributed by atoms with Crippen LogP contribution < -0.4 is 28.4 Å². The van der Waals surface area contributed by atoms with Gasteiger partial charge in [0.1, 0.15) is 18.8 Å². The van der Waals surface area contributed by atoms with E-state index in [1.165, 1.54) is 28.4 Å². The third-order valence-electron chi connectivity index (χ3n) is 6.56. The van der Waals surface area contributed by atoms with Gasteiger partial charge in [-0.25, -0.2) is 0 Å². The Morgan fingerprint density at radius 2 is 1.78 bits per heavy atom. The van der Waals surface area contributed by atoms with Crippen LogP contribution >= 0.6 is 0 Å². The minimum absolute atomic E-state index is 0.0281. The molecule has 0 aromatic heterocycles. The van der Waals surface area contributed by atoms with Gasteiger partial charge >= 0.3 is 0 Å². The zero-order valence-corrected chi connectivity index (χ0v) is 21.6. The first-order valence-electron chi connectivity index (χ1n) is 11.7. The summed E-state index contributed by atoms with van der Waals surface area (Å²) in [6.45, 7) is 1.80. The predicted molar refractivity (Wildman–Crippen MR) is 133 cm³/mol. The average molecular weight is 517 g/mol. The third kappa shape index (κ3) is 5.75. The molecule has 200 valence electrons. The van der Waals surface area contributed by atoms with Crippen molar-refractivity contribution in [3.8, 4) is 40.6 Å². The Bertz CT molecular complexity index is 1150. The molecule has 2 aromatic carbocycles. The van der Waals surface area contributed by atoms with Gasteiger partial charge in [0.2, 0.25) is 17.5 Å². The quantitative estimate of drug-likeness (QED) is 0.329. The highest BCUT2D eigenvalue weighted by atomic mass is 16.6. The molecule has 37 heavy (non-hydrogen) atoms. The maximum Gasteiger partial charge on any atom is 0.242 e. The summed E-state index contributed by atoms with van der Waals surface area (Å²) in [5.41, 5.74) is -0.763. The summed E-state index contributed by atoms with van der Waals surface area (Å²) in [5.74, 6) is 2.23. The van der Waals surface area contributed by atoms with E-state index in [1.54, 1.807) is 37.3 Å². The number of nitriles is 1. The Morgan fingerprint density at radius 3 is 2.35 bits per heavy atom. The first-order valence-corrected chi connectivity index (χ1v) is 11.7. The van der Waals surface area contributed by atoms with Crippen LogP contribution in [0.15, 0.2) is 30.3 Å². The van der Waals surface area contributed by atoms with Crippen LogP contribution in [-0.2, 0) is 5.41 Å². The Hall–Kier alpha value is -3.91. The van der Waals surface area contributed by atoms with Crippen LogP contribution in [0.25, 0.3) is 0 Å². The normalized spacial score (nSPS) is 17.5. The molecule has 4 atom stereocenters. The number of fused-ring (bicyclic) bond motifs is 1. The topological polar surface area (TPSA) is 143 Å². The number of ether oxygens (including phenoxy) is 6. The van der Waals surface area contributed by atoms with Gasteiger partial charge in [0.05, 0.1) is 46.3 Å². The van der Waals surface area contributed by atoms with Gasteiger partial charge in [-0.2, -0.15) is 5.26 Å². The van der Waals surface area contributed by atoms with Crippen molar-refractivity contribution < 1.29 is 38.5 Å². The number of methoxy groups -OCH3 is 4. The first kappa shape index (κ1) is 27.7. The molecule has 11 nitrogen and oxygen atoms in total. The number of benzene rings is 2. The molecule has 0 saturated carbocycles. The lowest BCUT2D eigenvalue weighted by Gasteiger charge is -2.30. The van der Waals surface area contributed by atoms with E-state index in [0.717, 1.165) is 0 Å². The van der Waals surface area contributed by atoms with E-state index < -0.39 is 28.6 Å². The number of hydrogen-bond acceptors (Lipinski definition) is 10. The Labute approximate surface area is 215 Å². The van der Waals surface area contributed by atoms with Crippen LogP contribution in [0.2, 0.25) is 0 Å². The zero-order valence-electron chi connectivity index (χ0n) is 21.6. The summed E-state index contributed by atoms with van der Waals surface area (Å²) in [6, 6.07) is 9.64. The lowest BCUT2D eigenvalue weighted by atomic mass is 9.77. The van der Waals surface area contributed by atoms with Crippen molar-refractivity contribution in [3.63, 3.8) is 0 Å². The number of nitro groups is 1. The second-order valence-electron chi connectivity index (χ2n) is 8.86. The highest BCUT2D eigenvalue weighted by Gasteiger charge is 2.39. The molecule has 1 heterocycles. The molecule has 0 bridgehead atoms. The number of aliphatic hydroxyl groups excluding tert-OH is 1. The summed E-state index contributed by atoms with van der Waals surface area (Å²) >= 11 is 0. The molecule has 2 aromatic rings. The molecule has 0 saturated heterocycles. The molecule has 1 aliphatic rings. The molecule has 4 unspecified atom stereocenters. The smallest absolute Gasteiger partial charge is 0.242 e. The molecule has 1 aliphatic heterocycles. The van der Waals surface area contributed by atoms with Crippen LogP contribution in [-0.4, -0.2) is 63.3 Å². The lowest BCUT2D eigenvalue weighted by Crippen LogP contribution is -2.42. The Kier molecular flexibility index (Phi) is 8.89. The van der Waals surface area contributed by atoms with E-state index in [2.05, 4.69) is 6.07 Å². The number of nitrogens with zero attached hydrogens (tertiary/aromatic N) is 2. The summed E-state index contributed by atoms with van der Waals surface area (Å²) in [5, 5.41) is 32.9. The summed E-state index contributed by atoms with van der Waals surface area (Å²) in [6.07, 6.45) is -1.93. The fourth-order valence-electron chi connectivity index (χ4n) is 4.45. The van der Waals surface area contributed by atoms with Crippen molar-refractivity contribution in [1.29, 1.82) is 5.26 Å². The molecule has 0 fully saturated rings. The van der Waals surface area contributed by atoms with Crippen LogP contribution in [0.3, 0.4) is 0 Å². The minimum Gasteiger partial charge on any atom is -0.493 e. The number of aliphatic hydroxyl groups is 1. The van der Waals surface area contributed by atoms with Crippen molar-refractivity contribution in [1.82, 2.24) is 0 Å². The lowest BCUT2D eigenvalue weighted by molar-refractivity contribution is -0.537. The monoisotopic (exact) mass is 516 g/mol. The van der Waals surface area contributed by atoms with Gasteiger partial charge in [-0.1, -0.05) is 12.1 Å². The van der Waals surface area contributed by atoms with Gasteiger partial charge in [0.25, 0.3) is 0 Å². The molecule has 11 heteroatoms. The largest absolute Gasteiger partial charge is 0.493 e. The molecule has 1 N–H and O–H groups in total. The highest BCUT2D eigenvalue weighted by molar-refractivity contribution is 5.65. The van der Waals surface area contributed by atoms with Crippen LogP contribution in [0, 0.1) is 21.4 Å². The van der Waals surface area contributed by atoms with Crippen molar-refractivity contribution in [2.75, 3.05) is 35.0 Å². The molecule has 0 aliphatic carbocycles. The van der Waals surface area contributed by atoms with Gasteiger partial charge in [-0.15, -0.1) is 0 Å². The molecule has 3 rings (SSSR count). The van der Waals surface area contributed by atoms with Crippen molar-refractivity contribution in [3.05, 3.63) is 46.0 Å². The summed E-state index contributed by atoms with van der Waals surface area (Å²) in [7, 11) is 5.79. The molecule has 0 amide bonds. The standard InChI is InChI=1S/C26H32N2O9/c1-26(15-27,17-13-22(32-2)24(34-4)25(35-5)23(17)33-3)11-10-19(29)18(28(30)31)12-16-14-36-20-8-6-7-9-21(20)37-16/h6-9,13,16,18-19,29H,10-12,14H2,1-5H3. The van der Waals surface area contributed by atoms with Gasteiger partial charge in [-0.05, 0) is 38.0 Å². The number of hydrogen-bond donors (Lipinski definition) is 1. The third-order valence-corrected chi connectivity index (χ3v) is 6.56. The number of para-hydroxylation sites is 2.